The van der Waals surface area contributed by atoms with Crippen molar-refractivity contribution >= 4 is 5.95 Å². The summed E-state index contributed by atoms with van der Waals surface area (Å²) >= 11 is 0. The van der Waals surface area contributed by atoms with Gasteiger partial charge in [-0.2, -0.15) is 0 Å². The molecule has 1 N–H and O–H groups in total. The minimum absolute atomic E-state index is 0.250. The Balaban J connectivity index is 1.54. The summed E-state index contributed by atoms with van der Waals surface area (Å²) in [6.45, 7) is 0. The van der Waals surface area contributed by atoms with E-state index in [-0.39, 0.29) is 6.04 Å². The van der Waals surface area contributed by atoms with Crippen LogP contribution in [0.15, 0.2) is 30.6 Å². The molecule has 1 saturated carbocycles. The molecule has 4 nitrogen and oxygen atoms in total. The molecule has 2 aliphatic rings. The molecular weight excluding hydrogens is 260 g/mol. The number of anilines is 1. The van der Waals surface area contributed by atoms with E-state index in [1.165, 1.54) is 36.9 Å². The molecule has 0 aliphatic heterocycles. The average molecular weight is 280 g/mol. The lowest BCUT2D eigenvalue weighted by Crippen LogP contribution is -2.12. The van der Waals surface area contributed by atoms with E-state index in [1.54, 1.807) is 0 Å². The van der Waals surface area contributed by atoms with Crippen LogP contribution in [0.3, 0.4) is 0 Å². The van der Waals surface area contributed by atoms with E-state index in [9.17, 15) is 0 Å². The first-order chi connectivity index (χ1) is 10.4. The van der Waals surface area contributed by atoms with Gasteiger partial charge >= 0.3 is 0 Å². The highest BCUT2D eigenvalue weighted by atomic mass is 15.1. The molecule has 0 spiro atoms. The van der Waals surface area contributed by atoms with Crippen molar-refractivity contribution in [2.45, 2.75) is 50.5 Å². The largest absolute Gasteiger partial charge is 0.346 e. The van der Waals surface area contributed by atoms with Gasteiger partial charge in [-0.3, -0.25) is 4.98 Å². The number of hydrogen-bond acceptors (Lipinski definition) is 4. The average Bonchev–Trinajstić information content (AvgIpc) is 3.18. The second kappa shape index (κ2) is 5.43. The van der Waals surface area contributed by atoms with Crippen molar-refractivity contribution < 1.29 is 0 Å². The Morgan fingerprint density at radius 3 is 2.81 bits per heavy atom. The number of rotatable bonds is 3. The standard InChI is InChI=1S/C17H20N4/c1-2-5-12(4-1)14-9-11-19-17(20-14)21-15-8-7-13-6-3-10-18-16(13)15/h3,6,9-12,15H,1-2,4-5,7-8H2,(H,19,20,21)/t15-/m0/s1. The third-order valence-electron chi connectivity index (χ3n) is 4.71. The van der Waals surface area contributed by atoms with E-state index in [0.29, 0.717) is 5.92 Å². The van der Waals surface area contributed by atoms with Crippen LogP contribution in [0.2, 0.25) is 0 Å². The number of fused-ring (bicyclic) bond motifs is 1. The monoisotopic (exact) mass is 280 g/mol. The van der Waals surface area contributed by atoms with Gasteiger partial charge in [0, 0.05) is 24.0 Å². The molecule has 0 bridgehead atoms. The first-order valence-corrected chi connectivity index (χ1v) is 7.93. The molecule has 2 heterocycles. The van der Waals surface area contributed by atoms with E-state index in [2.05, 4.69) is 27.4 Å². The summed E-state index contributed by atoms with van der Waals surface area (Å²) in [6, 6.07) is 6.50. The molecule has 0 saturated heterocycles. The van der Waals surface area contributed by atoms with Crippen LogP contribution in [0.25, 0.3) is 0 Å². The van der Waals surface area contributed by atoms with Crippen LogP contribution in [0.5, 0.6) is 0 Å². The van der Waals surface area contributed by atoms with Crippen molar-refractivity contribution in [3.8, 4) is 0 Å². The Hall–Kier alpha value is -1.97. The van der Waals surface area contributed by atoms with Gasteiger partial charge in [-0.15, -0.1) is 0 Å². The van der Waals surface area contributed by atoms with Crippen LogP contribution in [-0.2, 0) is 6.42 Å². The molecule has 108 valence electrons. The van der Waals surface area contributed by atoms with Gasteiger partial charge < -0.3 is 5.32 Å². The number of nitrogens with one attached hydrogen (secondary N) is 1. The molecule has 0 aromatic carbocycles. The summed E-state index contributed by atoms with van der Waals surface area (Å²) in [6.07, 6.45) is 11.1. The Morgan fingerprint density at radius 1 is 1.00 bits per heavy atom. The highest BCUT2D eigenvalue weighted by Crippen LogP contribution is 2.34. The van der Waals surface area contributed by atoms with Crippen molar-refractivity contribution in [3.63, 3.8) is 0 Å². The predicted molar refractivity (Wildman–Crippen MR) is 82.2 cm³/mol. The van der Waals surface area contributed by atoms with Gasteiger partial charge in [-0.25, -0.2) is 9.97 Å². The molecule has 4 rings (SSSR count). The fourth-order valence-corrected chi connectivity index (χ4v) is 3.60. The van der Waals surface area contributed by atoms with Gasteiger partial charge in [0.15, 0.2) is 0 Å². The summed E-state index contributed by atoms with van der Waals surface area (Å²) in [5.41, 5.74) is 3.71. The summed E-state index contributed by atoms with van der Waals surface area (Å²) in [4.78, 5) is 13.7. The van der Waals surface area contributed by atoms with Gasteiger partial charge in [-0.1, -0.05) is 18.9 Å². The zero-order valence-electron chi connectivity index (χ0n) is 12.1. The normalized spacial score (nSPS) is 21.4. The van der Waals surface area contributed by atoms with Crippen molar-refractivity contribution in [2.24, 2.45) is 0 Å². The van der Waals surface area contributed by atoms with E-state index in [4.69, 9.17) is 4.98 Å². The van der Waals surface area contributed by atoms with Gasteiger partial charge in [0.05, 0.1) is 11.7 Å². The molecular formula is C17H20N4. The minimum Gasteiger partial charge on any atom is -0.346 e. The van der Waals surface area contributed by atoms with E-state index in [0.717, 1.165) is 24.5 Å². The molecule has 1 atom stereocenters. The fourth-order valence-electron chi connectivity index (χ4n) is 3.60. The number of hydrogen-bond donors (Lipinski definition) is 1. The van der Waals surface area contributed by atoms with Crippen molar-refractivity contribution in [1.82, 2.24) is 15.0 Å². The third kappa shape index (κ3) is 2.50. The zero-order chi connectivity index (χ0) is 14.1. The fraction of sp³-hybridized carbons (Fsp3) is 0.471. The van der Waals surface area contributed by atoms with E-state index >= 15 is 0 Å². The number of pyridine rings is 1. The third-order valence-corrected chi connectivity index (χ3v) is 4.71. The van der Waals surface area contributed by atoms with Crippen LogP contribution < -0.4 is 5.32 Å². The lowest BCUT2D eigenvalue weighted by atomic mass is 10.0. The van der Waals surface area contributed by atoms with Gasteiger partial charge in [-0.05, 0) is 43.4 Å². The maximum Gasteiger partial charge on any atom is 0.223 e. The molecule has 0 radical (unpaired) electrons. The molecule has 4 heteroatoms. The van der Waals surface area contributed by atoms with Crippen LogP contribution in [0, 0.1) is 0 Å². The first kappa shape index (κ1) is 12.7. The van der Waals surface area contributed by atoms with E-state index < -0.39 is 0 Å². The van der Waals surface area contributed by atoms with Crippen molar-refractivity contribution in [2.75, 3.05) is 5.32 Å². The quantitative estimate of drug-likeness (QED) is 0.932. The lowest BCUT2D eigenvalue weighted by Gasteiger charge is -2.15. The second-order valence-electron chi connectivity index (χ2n) is 6.07. The SMILES string of the molecule is c1cnc2c(c1)CC[C@@H]2Nc1nccc(C2CCCC2)n1. The molecule has 2 aromatic heterocycles. The second-order valence-corrected chi connectivity index (χ2v) is 6.07. The first-order valence-electron chi connectivity index (χ1n) is 7.93. The zero-order valence-corrected chi connectivity index (χ0v) is 12.1. The topological polar surface area (TPSA) is 50.7 Å². The smallest absolute Gasteiger partial charge is 0.223 e. The predicted octanol–water partition coefficient (Wildman–Crippen LogP) is 3.63. The number of aromatic nitrogens is 3. The molecule has 0 amide bonds. The van der Waals surface area contributed by atoms with Gasteiger partial charge in [0.2, 0.25) is 5.95 Å². The Bertz CT molecular complexity index is 634. The van der Waals surface area contributed by atoms with Crippen molar-refractivity contribution in [3.05, 3.63) is 47.5 Å². The van der Waals surface area contributed by atoms with Crippen LogP contribution in [0.1, 0.15) is 61.0 Å². The van der Waals surface area contributed by atoms with Gasteiger partial charge in [0.25, 0.3) is 0 Å². The summed E-state index contributed by atoms with van der Waals surface area (Å²) in [5.74, 6) is 1.38. The Morgan fingerprint density at radius 2 is 1.90 bits per heavy atom. The maximum atomic E-state index is 4.74. The molecule has 21 heavy (non-hydrogen) atoms. The Kier molecular flexibility index (Phi) is 3.30. The molecule has 2 aromatic rings. The number of nitrogens with zero attached hydrogens (tertiary/aromatic N) is 3. The highest BCUT2D eigenvalue weighted by molar-refractivity contribution is 5.37. The summed E-state index contributed by atoms with van der Waals surface area (Å²) < 4.78 is 0. The van der Waals surface area contributed by atoms with E-state index in [1.807, 2.05) is 18.5 Å². The lowest BCUT2D eigenvalue weighted by molar-refractivity contribution is 0.687. The van der Waals surface area contributed by atoms with Crippen LogP contribution >= 0.6 is 0 Å². The van der Waals surface area contributed by atoms with Crippen LogP contribution in [-0.4, -0.2) is 15.0 Å². The highest BCUT2D eigenvalue weighted by Gasteiger charge is 2.24. The summed E-state index contributed by atoms with van der Waals surface area (Å²) in [5, 5.41) is 3.48. The molecule has 1 fully saturated rings. The number of aryl methyl sites for hydroxylation is 1. The summed E-state index contributed by atoms with van der Waals surface area (Å²) in [7, 11) is 0. The van der Waals surface area contributed by atoms with Gasteiger partial charge in [0.1, 0.15) is 0 Å². The molecule has 0 unspecified atom stereocenters. The Labute approximate surface area is 125 Å². The van der Waals surface area contributed by atoms with Crippen molar-refractivity contribution in [1.29, 1.82) is 0 Å². The maximum absolute atomic E-state index is 4.74. The minimum atomic E-state index is 0.250. The van der Waals surface area contributed by atoms with Crippen LogP contribution in [0.4, 0.5) is 5.95 Å². The molecule has 2 aliphatic carbocycles.